The maximum atomic E-state index is 10.7. The molecule has 0 unspecified atom stereocenters. The zero-order valence-electron chi connectivity index (χ0n) is 17.1. The van der Waals surface area contributed by atoms with Gasteiger partial charge < -0.3 is 14.9 Å². The molecule has 1 heterocycles. The van der Waals surface area contributed by atoms with Gasteiger partial charge in [0, 0.05) is 12.6 Å². The Kier molecular flexibility index (Phi) is 11.3. The number of rotatable bonds is 6. The first-order chi connectivity index (χ1) is 14.8. The third-order valence-corrected chi connectivity index (χ3v) is 4.30. The van der Waals surface area contributed by atoms with Crippen LogP contribution in [0.1, 0.15) is 18.3 Å². The minimum atomic E-state index is -0.892. The molecule has 0 radical (unpaired) electrons. The second-order valence-corrected chi connectivity index (χ2v) is 6.88. The van der Waals surface area contributed by atoms with Gasteiger partial charge in [0.25, 0.3) is 5.09 Å². The van der Waals surface area contributed by atoms with Crippen LogP contribution in [0.25, 0.3) is 0 Å². The standard InChI is InChI=1S/C12H9Cl2N.C9H10N2O5.ClH/c13-10-7-4-8-11(14)12(10)15-9-5-2-1-3-6-9;1-6-9(16-7(2)12)4-3-8(10-6)5-15-11(13)14;/h1-8,15H;3-4H,5H2,1-2H3;1H. The number of halogens is 3. The normalized spacial score (nSPS) is 9.50. The molecule has 0 aliphatic heterocycles. The Morgan fingerprint density at radius 2 is 1.69 bits per heavy atom. The van der Waals surface area contributed by atoms with E-state index in [9.17, 15) is 14.9 Å². The molecule has 11 heteroatoms. The SMILES string of the molecule is CC(=O)Oc1ccc(CO[N+](=O)[O-])nc1C.Cl.Clc1cccc(Cl)c1Nc1ccccc1. The van der Waals surface area contributed by atoms with Crippen LogP contribution in [0.5, 0.6) is 5.75 Å². The van der Waals surface area contributed by atoms with Gasteiger partial charge in [-0.3, -0.25) is 9.78 Å². The van der Waals surface area contributed by atoms with E-state index < -0.39 is 11.1 Å². The Hall–Kier alpha value is -3.07. The summed E-state index contributed by atoms with van der Waals surface area (Å²) in [5, 5.41) is 13.5. The van der Waals surface area contributed by atoms with Crippen LogP contribution in [0.3, 0.4) is 0 Å². The van der Waals surface area contributed by atoms with E-state index in [1.165, 1.54) is 19.1 Å². The van der Waals surface area contributed by atoms with Gasteiger partial charge in [-0.15, -0.1) is 22.5 Å². The van der Waals surface area contributed by atoms with Crippen LogP contribution in [-0.2, 0) is 16.2 Å². The summed E-state index contributed by atoms with van der Waals surface area (Å²) in [7, 11) is 0. The maximum Gasteiger partial charge on any atom is 0.308 e. The van der Waals surface area contributed by atoms with E-state index in [2.05, 4.69) is 15.1 Å². The summed E-state index contributed by atoms with van der Waals surface area (Å²) in [6, 6.07) is 18.2. The van der Waals surface area contributed by atoms with Crippen molar-refractivity contribution in [3.63, 3.8) is 0 Å². The van der Waals surface area contributed by atoms with Crippen LogP contribution >= 0.6 is 35.6 Å². The van der Waals surface area contributed by atoms with Crippen molar-refractivity contribution in [1.29, 1.82) is 0 Å². The second-order valence-electron chi connectivity index (χ2n) is 6.06. The van der Waals surface area contributed by atoms with Crippen LogP contribution in [-0.4, -0.2) is 16.0 Å². The monoisotopic (exact) mass is 499 g/mol. The highest BCUT2D eigenvalue weighted by molar-refractivity contribution is 6.39. The maximum absolute atomic E-state index is 10.7. The van der Waals surface area contributed by atoms with Gasteiger partial charge >= 0.3 is 5.97 Å². The first-order valence-corrected chi connectivity index (χ1v) is 9.70. The predicted octanol–water partition coefficient (Wildman–Crippen LogP) is 6.18. The molecule has 0 aliphatic carbocycles. The molecule has 1 aromatic heterocycles. The van der Waals surface area contributed by atoms with Crippen molar-refractivity contribution in [2.24, 2.45) is 0 Å². The van der Waals surface area contributed by atoms with Crippen molar-refractivity contribution in [1.82, 2.24) is 4.98 Å². The zero-order chi connectivity index (χ0) is 22.8. The number of hydrogen-bond acceptors (Lipinski definition) is 7. The van der Waals surface area contributed by atoms with E-state index in [-0.39, 0.29) is 19.0 Å². The van der Waals surface area contributed by atoms with Crippen molar-refractivity contribution in [2.45, 2.75) is 20.5 Å². The summed E-state index contributed by atoms with van der Waals surface area (Å²) in [6.45, 7) is 2.69. The average molecular weight is 501 g/mol. The van der Waals surface area contributed by atoms with Crippen molar-refractivity contribution < 1.29 is 19.5 Å². The molecule has 0 atom stereocenters. The lowest BCUT2D eigenvalue weighted by molar-refractivity contribution is -0.763. The number of carbonyl (C=O) groups excluding carboxylic acids is 1. The molecule has 0 fully saturated rings. The largest absolute Gasteiger partial charge is 0.425 e. The fourth-order valence-electron chi connectivity index (χ4n) is 2.35. The summed E-state index contributed by atoms with van der Waals surface area (Å²) >= 11 is 12.1. The number of esters is 1. The van der Waals surface area contributed by atoms with Crippen LogP contribution < -0.4 is 10.1 Å². The number of hydrogen-bond donors (Lipinski definition) is 1. The quantitative estimate of drug-likeness (QED) is 0.245. The molecule has 0 amide bonds. The lowest BCUT2D eigenvalue weighted by Crippen LogP contribution is -2.06. The van der Waals surface area contributed by atoms with Crippen molar-refractivity contribution in [3.8, 4) is 5.75 Å². The van der Waals surface area contributed by atoms with Crippen molar-refractivity contribution in [3.05, 3.63) is 92.2 Å². The number of aryl methyl sites for hydroxylation is 1. The average Bonchev–Trinajstić information content (AvgIpc) is 2.72. The second kappa shape index (κ2) is 13.4. The molecule has 0 saturated heterocycles. The van der Waals surface area contributed by atoms with Crippen LogP contribution in [0, 0.1) is 17.0 Å². The van der Waals surface area contributed by atoms with Gasteiger partial charge in [0.1, 0.15) is 6.61 Å². The molecule has 0 aliphatic rings. The molecule has 0 spiro atoms. The summed E-state index contributed by atoms with van der Waals surface area (Å²) in [6.07, 6.45) is 0. The van der Waals surface area contributed by atoms with Gasteiger partial charge in [-0.2, -0.15) is 0 Å². The molecule has 3 aromatic rings. The minimum absolute atomic E-state index is 0. The van der Waals surface area contributed by atoms with E-state index in [1.54, 1.807) is 19.1 Å². The Labute approximate surface area is 201 Å². The third-order valence-electron chi connectivity index (χ3n) is 3.67. The number of anilines is 2. The molecular weight excluding hydrogens is 481 g/mol. The Morgan fingerprint density at radius 1 is 1.06 bits per heavy atom. The van der Waals surface area contributed by atoms with Crippen molar-refractivity contribution in [2.75, 3.05) is 5.32 Å². The topological polar surface area (TPSA) is 104 Å². The molecule has 2 aromatic carbocycles. The number of ether oxygens (including phenoxy) is 1. The molecule has 170 valence electrons. The summed E-state index contributed by atoms with van der Waals surface area (Å²) in [5.74, 6) is -0.114. The van der Waals surface area contributed by atoms with Gasteiger partial charge in [0.2, 0.25) is 0 Å². The number of aromatic nitrogens is 1. The summed E-state index contributed by atoms with van der Waals surface area (Å²) in [5.41, 5.74) is 2.57. The molecule has 1 N–H and O–H groups in total. The number of carbonyl (C=O) groups is 1. The first kappa shape index (κ1) is 27.0. The van der Waals surface area contributed by atoms with E-state index in [0.29, 0.717) is 27.2 Å². The Balaban J connectivity index is 0.000000311. The zero-order valence-corrected chi connectivity index (χ0v) is 19.4. The lowest BCUT2D eigenvalue weighted by Gasteiger charge is -2.09. The molecule has 3 rings (SSSR count). The van der Waals surface area contributed by atoms with Gasteiger partial charge in [-0.1, -0.05) is 47.5 Å². The first-order valence-electron chi connectivity index (χ1n) is 8.94. The Morgan fingerprint density at radius 3 is 2.22 bits per heavy atom. The highest BCUT2D eigenvalue weighted by Gasteiger charge is 2.07. The highest BCUT2D eigenvalue weighted by Crippen LogP contribution is 2.32. The van der Waals surface area contributed by atoms with Crippen LogP contribution in [0.4, 0.5) is 11.4 Å². The minimum Gasteiger partial charge on any atom is -0.425 e. The molecule has 32 heavy (non-hydrogen) atoms. The molecular formula is C21H20Cl3N3O5. The fourth-order valence-corrected chi connectivity index (χ4v) is 2.84. The summed E-state index contributed by atoms with van der Waals surface area (Å²) in [4.78, 5) is 28.8. The highest BCUT2D eigenvalue weighted by atomic mass is 35.5. The van der Waals surface area contributed by atoms with Crippen LogP contribution in [0.15, 0.2) is 60.7 Å². The number of nitrogens with one attached hydrogen (secondary N) is 1. The number of nitrogens with zero attached hydrogens (tertiary/aromatic N) is 2. The lowest BCUT2D eigenvalue weighted by atomic mass is 10.2. The van der Waals surface area contributed by atoms with E-state index in [0.717, 1.165) is 11.4 Å². The van der Waals surface area contributed by atoms with Crippen molar-refractivity contribution >= 4 is 53.0 Å². The predicted molar refractivity (Wildman–Crippen MR) is 126 cm³/mol. The smallest absolute Gasteiger partial charge is 0.308 e. The third kappa shape index (κ3) is 8.97. The number of benzene rings is 2. The van der Waals surface area contributed by atoms with Gasteiger partial charge in [0.15, 0.2) is 5.75 Å². The van der Waals surface area contributed by atoms with E-state index in [4.69, 9.17) is 27.9 Å². The molecule has 0 bridgehead atoms. The fraction of sp³-hybridized carbons (Fsp3) is 0.143. The van der Waals surface area contributed by atoms with E-state index in [1.807, 2.05) is 36.4 Å². The van der Waals surface area contributed by atoms with E-state index >= 15 is 0 Å². The van der Waals surface area contributed by atoms with Gasteiger partial charge in [-0.25, -0.2) is 0 Å². The van der Waals surface area contributed by atoms with Crippen LogP contribution in [0.2, 0.25) is 10.0 Å². The summed E-state index contributed by atoms with van der Waals surface area (Å²) < 4.78 is 4.85. The Bertz CT molecular complexity index is 1030. The van der Waals surface area contributed by atoms with Gasteiger partial charge in [-0.05, 0) is 43.3 Å². The number of para-hydroxylation sites is 2. The molecule has 0 saturated carbocycles. The molecule has 8 nitrogen and oxygen atoms in total. The number of pyridine rings is 1. The van der Waals surface area contributed by atoms with Gasteiger partial charge in [0.05, 0.1) is 27.1 Å².